The molecule has 92 heavy (non-hydrogen) atoms. The fourth-order valence-electron chi connectivity index (χ4n) is 15.7. The molecule has 7 aliphatic rings. The molecule has 1 aliphatic carbocycles. The number of tetrazole rings is 2. The summed E-state index contributed by atoms with van der Waals surface area (Å²) in [5.74, 6) is 0.952. The second-order valence-corrected chi connectivity index (χ2v) is 28.4. The second-order valence-electron chi connectivity index (χ2n) is 28.1. The molecule has 22 nitrogen and oxygen atoms in total. The van der Waals surface area contributed by atoms with Crippen LogP contribution in [0.1, 0.15) is 156 Å². The van der Waals surface area contributed by atoms with Crippen LogP contribution in [-0.2, 0) is 0 Å². The Kier molecular flexibility index (Phi) is 18.2. The van der Waals surface area contributed by atoms with Crippen LogP contribution in [0.25, 0.3) is 11.4 Å². The van der Waals surface area contributed by atoms with Crippen molar-refractivity contribution in [2.45, 2.75) is 206 Å². The first kappa shape index (κ1) is 64.7. The van der Waals surface area contributed by atoms with Crippen LogP contribution >= 0.6 is 11.6 Å². The number of nitrogens with one attached hydrogen (secondary N) is 5. The van der Waals surface area contributed by atoms with Crippen molar-refractivity contribution >= 4 is 52.3 Å². The molecule has 11 heterocycles. The van der Waals surface area contributed by atoms with E-state index in [2.05, 4.69) is 165 Å². The first-order valence-corrected chi connectivity index (χ1v) is 32.7. The molecule has 0 spiro atoms. The predicted molar refractivity (Wildman–Crippen MR) is 342 cm³/mol. The van der Waals surface area contributed by atoms with Gasteiger partial charge in [0.15, 0.2) is 46.6 Å². The lowest BCUT2D eigenvalue weighted by atomic mass is 9.77. The molecule has 0 amide bonds. The third-order valence-corrected chi connectivity index (χ3v) is 20.8. The van der Waals surface area contributed by atoms with Crippen molar-refractivity contribution in [2.75, 3.05) is 46.2 Å². The van der Waals surface area contributed by atoms with E-state index in [1.807, 2.05) is 0 Å². The van der Waals surface area contributed by atoms with Crippen LogP contribution in [0.2, 0.25) is 5.28 Å². The number of aromatic nitrogens is 14. The van der Waals surface area contributed by atoms with E-state index >= 15 is 4.39 Å². The summed E-state index contributed by atoms with van der Waals surface area (Å²) in [7, 11) is 0. The number of rotatable bonds is 13. The lowest BCUT2D eigenvalue weighted by Crippen LogP contribution is -2.59. The molecule has 492 valence electrons. The molecule has 5 N–H and O–H groups in total. The van der Waals surface area contributed by atoms with Gasteiger partial charge in [0.1, 0.15) is 17.3 Å². The lowest BCUT2D eigenvalue weighted by Gasteiger charge is -2.51. The van der Waals surface area contributed by atoms with Gasteiger partial charge in [-0.15, -0.1) is 10.2 Å². The highest BCUT2D eigenvalue weighted by molar-refractivity contribution is 6.28. The smallest absolute Gasteiger partial charge is 0.229 e. The van der Waals surface area contributed by atoms with Gasteiger partial charge in [-0.05, 0) is 238 Å². The van der Waals surface area contributed by atoms with E-state index in [0.717, 1.165) is 82.2 Å². The Morgan fingerprint density at radius 1 is 0.500 bits per heavy atom. The van der Waals surface area contributed by atoms with Crippen molar-refractivity contribution in [3.8, 4) is 11.4 Å². The zero-order valence-corrected chi connectivity index (χ0v) is 54.9. The molecule has 7 fully saturated rings. The molecule has 6 aliphatic heterocycles. The van der Waals surface area contributed by atoms with Crippen molar-refractivity contribution in [3.05, 3.63) is 101 Å². The van der Waals surface area contributed by atoms with Gasteiger partial charge in [-0.1, -0.05) is 20.8 Å². The van der Waals surface area contributed by atoms with Crippen LogP contribution in [-0.4, -0.2) is 158 Å². The summed E-state index contributed by atoms with van der Waals surface area (Å²) in [6.07, 6.45) is 15.3. The zero-order chi connectivity index (χ0) is 65.1. The fraction of sp³-hybridized carbons (Fsp3) is 0.594. The van der Waals surface area contributed by atoms with Crippen molar-refractivity contribution in [2.24, 2.45) is 17.8 Å². The highest BCUT2D eigenvalue weighted by Gasteiger charge is 2.50. The third kappa shape index (κ3) is 13.4. The highest BCUT2D eigenvalue weighted by Crippen LogP contribution is 2.47. The number of fused-ring (bicyclic) bond motifs is 3. The normalized spacial score (nSPS) is 26.3. The molecule has 6 saturated heterocycles. The number of nitrogens with zero attached hydrogens (tertiary/aromatic N) is 17. The van der Waals surface area contributed by atoms with Crippen LogP contribution in [0.4, 0.5) is 62.7 Å². The van der Waals surface area contributed by atoms with Crippen molar-refractivity contribution in [1.82, 2.24) is 85.0 Å². The molecule has 2 aromatic carbocycles. The molecule has 0 radical (unpaired) electrons. The average Bonchev–Trinajstić information content (AvgIpc) is 1.46. The number of aryl methyl sites for hydroxylation is 2. The van der Waals surface area contributed by atoms with E-state index < -0.39 is 29.1 Å². The summed E-state index contributed by atoms with van der Waals surface area (Å²) in [5.41, 5.74) is 2.66. The topological polar surface area (TPSA) is 234 Å². The van der Waals surface area contributed by atoms with Gasteiger partial charge in [-0.25, -0.2) is 36.9 Å². The molecular weight excluding hydrogens is 1210 g/mol. The molecule has 0 bridgehead atoms. The maximum Gasteiger partial charge on any atom is 0.229 e. The van der Waals surface area contributed by atoms with Crippen LogP contribution in [0.15, 0.2) is 48.9 Å². The first-order chi connectivity index (χ1) is 43.8. The predicted octanol–water partition coefficient (Wildman–Crippen LogP) is 11.9. The van der Waals surface area contributed by atoms with Crippen LogP contribution in [0, 0.1) is 60.7 Å². The standard InChI is InChI=1S/C26H33F2N9.C23H29F2N9.C15H22ClFN4/c1-14-21(12-26(3,4)36-9-5-6-22(14)36)30-24-19(28)13-29-25(32-24)31-20-11-23(37-15(2)33-34-35-37)17(10-18(20)27)16-7-8-16;1-13-18(11-23(3,4)33-9-5-6-19(13)33)28-21-17(25)12-26-22(29-21)27-15-7-8-16(24)20(10-15)34-14(2)30-31-32-34;1-9-11(19-13-10(17)8-18-14(16)20-13)7-15(2,3)21-6-4-5-12(9)21/h10-11,13-14,16,21-22H,5-9,12H2,1-4H3,(H2,29,30,31,32);7-8,10,12-13,18-19H,5-6,9,11H2,1-4H3,(H2,26,27,28,29);8-9,11-12H,4-7H2,1-3H3,(H,18,19,20). The number of anilines is 7. The van der Waals surface area contributed by atoms with Crippen molar-refractivity contribution < 1.29 is 22.0 Å². The number of hydrogen-bond acceptors (Lipinski definition) is 20. The highest BCUT2D eigenvalue weighted by atomic mass is 35.5. The first-order valence-electron chi connectivity index (χ1n) is 32.3. The van der Waals surface area contributed by atoms with E-state index in [1.165, 1.54) is 49.0 Å². The van der Waals surface area contributed by atoms with Gasteiger partial charge in [0.25, 0.3) is 0 Å². The second kappa shape index (κ2) is 25.9. The maximum atomic E-state index is 15.2. The Morgan fingerprint density at radius 2 is 0.935 bits per heavy atom. The minimum atomic E-state index is -0.529. The van der Waals surface area contributed by atoms with Crippen molar-refractivity contribution in [1.29, 1.82) is 0 Å². The molecule has 28 heteroatoms. The molecule has 9 atom stereocenters. The summed E-state index contributed by atoms with van der Waals surface area (Å²) in [5, 5.41) is 39.0. The van der Waals surface area contributed by atoms with Gasteiger partial charge in [0, 0.05) is 58.6 Å². The summed E-state index contributed by atoms with van der Waals surface area (Å²) in [4.78, 5) is 32.4. The Labute approximate surface area is 538 Å². The average molecular weight is 1290 g/mol. The van der Waals surface area contributed by atoms with E-state index in [9.17, 15) is 17.6 Å². The van der Waals surface area contributed by atoms with E-state index in [4.69, 9.17) is 11.6 Å². The largest absolute Gasteiger partial charge is 0.364 e. The molecule has 5 aromatic heterocycles. The Morgan fingerprint density at radius 3 is 1.38 bits per heavy atom. The van der Waals surface area contributed by atoms with Gasteiger partial charge in [-0.2, -0.15) is 24.3 Å². The Balaban J connectivity index is 0.000000138. The van der Waals surface area contributed by atoms with E-state index in [1.54, 1.807) is 36.7 Å². The van der Waals surface area contributed by atoms with E-state index in [0.29, 0.717) is 58.9 Å². The van der Waals surface area contributed by atoms with E-state index in [-0.39, 0.29) is 86.7 Å². The SMILES string of the molecule is CC1C(Nc2nc(Cl)ncc2F)CC(C)(C)N2CCCC12.Cc1nnnn1-c1cc(Nc2ncc(F)c(NC3CC(C)(C)N4CCCC4C3C)n2)c(F)cc1C1CC1.Cc1nnnn1-c1cc(Nc2ncc(F)c(NC3CC(C)(C)N4CCCC4C3C)n2)ccc1F. The minimum absolute atomic E-state index is 0.0209. The van der Waals surface area contributed by atoms with Crippen LogP contribution < -0.4 is 26.6 Å². The Hall–Kier alpha value is -7.36. The monoisotopic (exact) mass is 1290 g/mol. The van der Waals surface area contributed by atoms with Gasteiger partial charge in [0.2, 0.25) is 17.2 Å². The van der Waals surface area contributed by atoms with Crippen molar-refractivity contribution in [3.63, 3.8) is 0 Å². The molecule has 7 aromatic rings. The lowest BCUT2D eigenvalue weighted by molar-refractivity contribution is 0.0163. The minimum Gasteiger partial charge on any atom is -0.364 e. The fourth-order valence-corrected chi connectivity index (χ4v) is 15.8. The molecule has 1 saturated carbocycles. The Bertz CT molecular complexity index is 3790. The quantitative estimate of drug-likeness (QED) is 0.0533. The number of halogens is 6. The summed E-state index contributed by atoms with van der Waals surface area (Å²) in [6, 6.07) is 9.48. The van der Waals surface area contributed by atoms with Crippen LogP contribution in [0.5, 0.6) is 0 Å². The maximum absolute atomic E-state index is 15.2. The number of piperidine rings is 3. The molecular formula is C64H84ClF5N22. The zero-order valence-electron chi connectivity index (χ0n) is 54.2. The van der Waals surface area contributed by atoms with Gasteiger partial charge < -0.3 is 26.6 Å². The summed E-state index contributed by atoms with van der Waals surface area (Å²) < 4.78 is 75.9. The van der Waals surface area contributed by atoms with Gasteiger partial charge in [0.05, 0.1) is 30.0 Å². The third-order valence-electron chi connectivity index (χ3n) is 20.6. The summed E-state index contributed by atoms with van der Waals surface area (Å²) in [6.45, 7) is 27.2. The number of benzene rings is 2. The molecule has 9 unspecified atom stereocenters. The summed E-state index contributed by atoms with van der Waals surface area (Å²) >= 11 is 5.78. The molecule has 14 rings (SSSR count). The number of hydrogen-bond donors (Lipinski definition) is 5. The van der Waals surface area contributed by atoms with Gasteiger partial charge >= 0.3 is 0 Å². The van der Waals surface area contributed by atoms with Crippen LogP contribution in [0.3, 0.4) is 0 Å². The van der Waals surface area contributed by atoms with Gasteiger partial charge in [-0.3, -0.25) is 14.7 Å².